The number of hydrogen-bond acceptors (Lipinski definition) is 1. The third-order valence-electron chi connectivity index (χ3n) is 4.78. The second-order valence-corrected chi connectivity index (χ2v) is 7.33. The number of hydrogen-bond donors (Lipinski definition) is 0. The van der Waals surface area contributed by atoms with Gasteiger partial charge in [0.15, 0.2) is 0 Å². The lowest BCUT2D eigenvalue weighted by Crippen LogP contribution is -1.88. The Kier molecular flexibility index (Phi) is 22.1. The highest BCUT2D eigenvalue weighted by Crippen LogP contribution is 2.11. The molecule has 1 nitrogen and oxygen atoms in total. The molecule has 1 heteroatoms. The molecule has 0 amide bonds. The van der Waals surface area contributed by atoms with Crippen LogP contribution in [-0.2, 0) is 4.74 Å². The van der Waals surface area contributed by atoms with Crippen molar-refractivity contribution >= 4 is 0 Å². The summed E-state index contributed by atoms with van der Waals surface area (Å²) in [4.78, 5) is 0. The van der Waals surface area contributed by atoms with Gasteiger partial charge in [-0.15, -0.1) is 0 Å². The summed E-state index contributed by atoms with van der Waals surface area (Å²) in [6.07, 6.45) is 29.0. The Morgan fingerprint density at radius 2 is 0.917 bits per heavy atom. The molecule has 0 saturated carbocycles. The van der Waals surface area contributed by atoms with E-state index in [9.17, 15) is 0 Å². The van der Waals surface area contributed by atoms with Gasteiger partial charge in [-0.05, 0) is 25.3 Å². The van der Waals surface area contributed by atoms with Crippen molar-refractivity contribution in [3.8, 4) is 0 Å². The first-order valence-corrected chi connectivity index (χ1v) is 11.2. The van der Waals surface area contributed by atoms with Gasteiger partial charge in [-0.25, -0.2) is 0 Å². The number of unbranched alkanes of at least 4 members (excludes halogenated alkanes) is 16. The zero-order chi connectivity index (χ0) is 17.6. The van der Waals surface area contributed by atoms with Crippen molar-refractivity contribution in [2.45, 2.75) is 129 Å². The van der Waals surface area contributed by atoms with Crippen molar-refractivity contribution in [2.75, 3.05) is 6.61 Å². The molecule has 0 unspecified atom stereocenters. The highest BCUT2D eigenvalue weighted by molar-refractivity contribution is 4.73. The maximum absolute atomic E-state index is 5.58. The van der Waals surface area contributed by atoms with Crippen molar-refractivity contribution in [1.29, 1.82) is 0 Å². The minimum Gasteiger partial charge on any atom is -0.502 e. The SMILES string of the molecule is CCCCCCCCCCCC=COCCCCCCCCCC. The summed E-state index contributed by atoms with van der Waals surface area (Å²) >= 11 is 0. The van der Waals surface area contributed by atoms with Crippen LogP contribution in [0.5, 0.6) is 0 Å². The largest absolute Gasteiger partial charge is 0.502 e. The molecule has 0 aliphatic carbocycles. The molecule has 0 N–H and O–H groups in total. The van der Waals surface area contributed by atoms with E-state index in [0.717, 1.165) is 6.61 Å². The van der Waals surface area contributed by atoms with Crippen LogP contribution in [0.4, 0.5) is 0 Å². The zero-order valence-electron chi connectivity index (χ0n) is 17.0. The fourth-order valence-electron chi connectivity index (χ4n) is 3.10. The van der Waals surface area contributed by atoms with E-state index in [2.05, 4.69) is 19.9 Å². The second-order valence-electron chi connectivity index (χ2n) is 7.33. The molecular weight excluding hydrogens is 292 g/mol. The van der Waals surface area contributed by atoms with Gasteiger partial charge in [0.05, 0.1) is 12.9 Å². The van der Waals surface area contributed by atoms with E-state index in [0.29, 0.717) is 0 Å². The minimum atomic E-state index is 0.906. The summed E-state index contributed by atoms with van der Waals surface area (Å²) in [5.41, 5.74) is 0. The average Bonchev–Trinajstić information content (AvgIpc) is 2.60. The Morgan fingerprint density at radius 1 is 0.500 bits per heavy atom. The lowest BCUT2D eigenvalue weighted by Gasteiger charge is -2.02. The smallest absolute Gasteiger partial charge is 0.0873 e. The molecular formula is C23H46O. The molecule has 0 spiro atoms. The third-order valence-corrected chi connectivity index (χ3v) is 4.78. The van der Waals surface area contributed by atoms with Crippen molar-refractivity contribution < 1.29 is 4.74 Å². The van der Waals surface area contributed by atoms with Crippen molar-refractivity contribution in [3.63, 3.8) is 0 Å². The molecule has 0 bridgehead atoms. The van der Waals surface area contributed by atoms with E-state index in [4.69, 9.17) is 4.74 Å². The predicted molar refractivity (Wildman–Crippen MR) is 110 cm³/mol. The van der Waals surface area contributed by atoms with Crippen LogP contribution in [-0.4, -0.2) is 6.61 Å². The monoisotopic (exact) mass is 338 g/mol. The van der Waals surface area contributed by atoms with E-state index in [1.165, 1.54) is 116 Å². The van der Waals surface area contributed by atoms with E-state index >= 15 is 0 Å². The van der Waals surface area contributed by atoms with Crippen LogP contribution in [0.15, 0.2) is 12.3 Å². The van der Waals surface area contributed by atoms with Gasteiger partial charge in [0.1, 0.15) is 0 Å². The summed E-state index contributed by atoms with van der Waals surface area (Å²) in [5, 5.41) is 0. The van der Waals surface area contributed by atoms with E-state index in [1.54, 1.807) is 0 Å². The highest BCUT2D eigenvalue weighted by Gasteiger charge is 1.92. The van der Waals surface area contributed by atoms with Crippen LogP contribution in [0, 0.1) is 0 Å². The Balaban J connectivity index is 3.04. The zero-order valence-corrected chi connectivity index (χ0v) is 17.0. The van der Waals surface area contributed by atoms with Crippen LogP contribution in [0.3, 0.4) is 0 Å². The number of allylic oxidation sites excluding steroid dienone is 1. The highest BCUT2D eigenvalue weighted by atomic mass is 16.5. The molecule has 0 aromatic carbocycles. The fraction of sp³-hybridized carbons (Fsp3) is 0.913. The van der Waals surface area contributed by atoms with Gasteiger partial charge in [-0.2, -0.15) is 0 Å². The van der Waals surface area contributed by atoms with Crippen LogP contribution < -0.4 is 0 Å². The Morgan fingerprint density at radius 3 is 1.42 bits per heavy atom. The lowest BCUT2D eigenvalue weighted by molar-refractivity contribution is 0.239. The first kappa shape index (κ1) is 23.5. The van der Waals surface area contributed by atoms with Crippen LogP contribution >= 0.6 is 0 Å². The molecule has 24 heavy (non-hydrogen) atoms. The van der Waals surface area contributed by atoms with Crippen LogP contribution in [0.1, 0.15) is 129 Å². The summed E-state index contributed by atoms with van der Waals surface area (Å²) in [6, 6.07) is 0. The molecule has 0 radical (unpaired) electrons. The third kappa shape index (κ3) is 21.5. The topological polar surface area (TPSA) is 9.23 Å². The Bertz CT molecular complexity index is 210. The van der Waals surface area contributed by atoms with Crippen molar-refractivity contribution in [1.82, 2.24) is 0 Å². The molecule has 0 rings (SSSR count). The van der Waals surface area contributed by atoms with Gasteiger partial charge in [0, 0.05) is 0 Å². The van der Waals surface area contributed by atoms with Crippen LogP contribution in [0.25, 0.3) is 0 Å². The summed E-state index contributed by atoms with van der Waals surface area (Å²) in [5.74, 6) is 0. The minimum absolute atomic E-state index is 0.906. The van der Waals surface area contributed by atoms with Gasteiger partial charge in [-0.1, -0.05) is 110 Å². The quantitative estimate of drug-likeness (QED) is 0.159. The van der Waals surface area contributed by atoms with Gasteiger partial charge in [0.25, 0.3) is 0 Å². The molecule has 0 aromatic heterocycles. The molecule has 0 saturated heterocycles. The summed E-state index contributed by atoms with van der Waals surface area (Å²) in [7, 11) is 0. The average molecular weight is 339 g/mol. The molecule has 0 atom stereocenters. The first-order valence-electron chi connectivity index (χ1n) is 11.2. The summed E-state index contributed by atoms with van der Waals surface area (Å²) in [6.45, 7) is 5.47. The standard InChI is InChI=1S/C23H46O/c1-3-5-7-9-11-13-14-15-17-19-21-23-24-22-20-18-16-12-10-8-6-4-2/h21,23H,3-20,22H2,1-2H3. The summed E-state index contributed by atoms with van der Waals surface area (Å²) < 4.78 is 5.58. The molecule has 0 fully saturated rings. The van der Waals surface area contributed by atoms with Crippen LogP contribution in [0.2, 0.25) is 0 Å². The van der Waals surface area contributed by atoms with Gasteiger partial charge in [-0.3, -0.25) is 0 Å². The number of ether oxygens (including phenoxy) is 1. The Hall–Kier alpha value is -0.460. The Labute approximate surface area is 153 Å². The van der Waals surface area contributed by atoms with E-state index < -0.39 is 0 Å². The number of rotatable bonds is 20. The van der Waals surface area contributed by atoms with Crippen molar-refractivity contribution in [2.24, 2.45) is 0 Å². The van der Waals surface area contributed by atoms with Crippen molar-refractivity contribution in [3.05, 3.63) is 12.3 Å². The molecule has 0 aromatic rings. The molecule has 0 aliphatic heterocycles. The molecule has 0 heterocycles. The van der Waals surface area contributed by atoms with Gasteiger partial charge < -0.3 is 4.74 Å². The molecule has 144 valence electrons. The predicted octanol–water partition coefficient (Wildman–Crippen LogP) is 8.58. The normalized spacial score (nSPS) is 11.4. The van der Waals surface area contributed by atoms with E-state index in [1.807, 2.05) is 6.26 Å². The van der Waals surface area contributed by atoms with Gasteiger partial charge in [0.2, 0.25) is 0 Å². The molecule has 0 aliphatic rings. The van der Waals surface area contributed by atoms with E-state index in [-0.39, 0.29) is 0 Å². The first-order chi connectivity index (χ1) is 11.9. The fourth-order valence-corrected chi connectivity index (χ4v) is 3.10. The lowest BCUT2D eigenvalue weighted by atomic mass is 10.1. The second kappa shape index (κ2) is 22.5. The maximum atomic E-state index is 5.58. The van der Waals surface area contributed by atoms with Gasteiger partial charge >= 0.3 is 0 Å². The maximum Gasteiger partial charge on any atom is 0.0873 e.